The van der Waals surface area contributed by atoms with Crippen LogP contribution in [0.1, 0.15) is 26.3 Å². The Hall–Kier alpha value is -3.40. The maximum Gasteiger partial charge on any atom is 0.292 e. The van der Waals surface area contributed by atoms with Gasteiger partial charge in [-0.3, -0.25) is 14.9 Å². The lowest BCUT2D eigenvalue weighted by atomic mass is 9.87. The van der Waals surface area contributed by atoms with Gasteiger partial charge in [0.25, 0.3) is 10.9 Å². The van der Waals surface area contributed by atoms with Crippen molar-refractivity contribution in [3.8, 4) is 11.5 Å². The molecule has 1 aliphatic heterocycles. The fourth-order valence-electron chi connectivity index (χ4n) is 3.80. The molecule has 0 aliphatic carbocycles. The predicted octanol–water partition coefficient (Wildman–Crippen LogP) is 4.38. The van der Waals surface area contributed by atoms with Crippen molar-refractivity contribution in [2.75, 3.05) is 36.8 Å². The number of carbonyl (C=O) groups is 1. The lowest BCUT2D eigenvalue weighted by Crippen LogP contribution is -2.49. The number of rotatable bonds is 6. The monoisotopic (exact) mass is 481 g/mol. The first-order valence-corrected chi connectivity index (χ1v) is 12.0. The quantitative estimate of drug-likeness (QED) is 0.290. The third-order valence-corrected chi connectivity index (χ3v) is 6.58. The standard InChI is InChI=1S/C24H27N5O4S/c1-24(2,3)18-10-8-17(9-11-18)22-25-26-23(33-22)34-16-21(30)28-14-12-27(13-15-28)19-6-4-5-7-20(19)29(31)32/h4-11H,12-16H2,1-3H3. The summed E-state index contributed by atoms with van der Waals surface area (Å²) in [6.45, 7) is 8.55. The molecule has 0 saturated carbocycles. The Kier molecular flexibility index (Phi) is 6.87. The van der Waals surface area contributed by atoms with Crippen LogP contribution in [0, 0.1) is 10.1 Å². The van der Waals surface area contributed by atoms with Gasteiger partial charge in [0.2, 0.25) is 11.8 Å². The van der Waals surface area contributed by atoms with Crippen LogP contribution in [0.25, 0.3) is 11.5 Å². The van der Waals surface area contributed by atoms with Crippen molar-refractivity contribution >= 4 is 29.0 Å². The highest BCUT2D eigenvalue weighted by Crippen LogP contribution is 2.29. The van der Waals surface area contributed by atoms with Crippen molar-refractivity contribution < 1.29 is 14.1 Å². The fourth-order valence-corrected chi connectivity index (χ4v) is 4.46. The Bertz CT molecular complexity index is 1160. The molecule has 0 bridgehead atoms. The Morgan fingerprint density at radius 2 is 1.74 bits per heavy atom. The van der Waals surface area contributed by atoms with E-state index in [2.05, 4.69) is 43.1 Å². The van der Waals surface area contributed by atoms with Crippen LogP contribution in [0.2, 0.25) is 0 Å². The molecular weight excluding hydrogens is 454 g/mol. The van der Waals surface area contributed by atoms with Crippen molar-refractivity contribution in [1.82, 2.24) is 15.1 Å². The van der Waals surface area contributed by atoms with E-state index >= 15 is 0 Å². The van der Waals surface area contributed by atoms with Gasteiger partial charge in [0.1, 0.15) is 5.69 Å². The van der Waals surface area contributed by atoms with E-state index in [4.69, 9.17) is 4.42 Å². The van der Waals surface area contributed by atoms with Gasteiger partial charge in [-0.2, -0.15) is 0 Å². The van der Waals surface area contributed by atoms with Gasteiger partial charge in [0, 0.05) is 37.8 Å². The van der Waals surface area contributed by atoms with Crippen LogP contribution < -0.4 is 4.90 Å². The second-order valence-corrected chi connectivity index (χ2v) is 10.0. The third-order valence-electron chi connectivity index (χ3n) is 5.77. The van der Waals surface area contributed by atoms with Crippen LogP contribution in [-0.4, -0.2) is 57.9 Å². The van der Waals surface area contributed by atoms with Crippen molar-refractivity contribution in [3.63, 3.8) is 0 Å². The van der Waals surface area contributed by atoms with Gasteiger partial charge < -0.3 is 14.2 Å². The number of nitro groups is 1. The summed E-state index contributed by atoms with van der Waals surface area (Å²) in [6, 6.07) is 14.7. The van der Waals surface area contributed by atoms with E-state index < -0.39 is 0 Å². The number of thioether (sulfide) groups is 1. The maximum absolute atomic E-state index is 12.7. The van der Waals surface area contributed by atoms with E-state index in [1.165, 1.54) is 23.4 Å². The van der Waals surface area contributed by atoms with Crippen LogP contribution in [0.3, 0.4) is 0 Å². The molecule has 34 heavy (non-hydrogen) atoms. The summed E-state index contributed by atoms with van der Waals surface area (Å²) in [5, 5.41) is 19.8. The number of piperazine rings is 1. The molecule has 2 heterocycles. The van der Waals surface area contributed by atoms with E-state index in [-0.39, 0.29) is 27.7 Å². The SMILES string of the molecule is CC(C)(C)c1ccc(-c2nnc(SCC(=O)N3CCN(c4ccccc4[N+](=O)[O-])CC3)o2)cc1. The molecule has 1 aromatic heterocycles. The molecule has 1 saturated heterocycles. The zero-order valence-corrected chi connectivity index (χ0v) is 20.2. The number of benzene rings is 2. The summed E-state index contributed by atoms with van der Waals surface area (Å²) in [5.74, 6) is 0.589. The lowest BCUT2D eigenvalue weighted by molar-refractivity contribution is -0.384. The van der Waals surface area contributed by atoms with E-state index in [1.807, 2.05) is 17.0 Å². The van der Waals surface area contributed by atoms with Gasteiger partial charge in [0.15, 0.2) is 0 Å². The Morgan fingerprint density at radius 3 is 2.38 bits per heavy atom. The number of hydrogen-bond acceptors (Lipinski definition) is 8. The minimum atomic E-state index is -0.374. The smallest absolute Gasteiger partial charge is 0.292 e. The second kappa shape index (κ2) is 9.84. The molecule has 10 heteroatoms. The predicted molar refractivity (Wildman–Crippen MR) is 131 cm³/mol. The van der Waals surface area contributed by atoms with E-state index in [1.54, 1.807) is 23.1 Å². The molecule has 0 spiro atoms. The van der Waals surface area contributed by atoms with Crippen LogP contribution in [0.15, 0.2) is 58.2 Å². The summed E-state index contributed by atoms with van der Waals surface area (Å²) >= 11 is 1.21. The summed E-state index contributed by atoms with van der Waals surface area (Å²) in [5.41, 5.74) is 2.79. The van der Waals surface area contributed by atoms with Gasteiger partial charge in [-0.25, -0.2) is 0 Å². The summed E-state index contributed by atoms with van der Waals surface area (Å²) in [7, 11) is 0. The highest BCUT2D eigenvalue weighted by atomic mass is 32.2. The molecule has 0 N–H and O–H groups in total. The summed E-state index contributed by atoms with van der Waals surface area (Å²) in [4.78, 5) is 27.3. The molecule has 0 radical (unpaired) electrons. The minimum Gasteiger partial charge on any atom is -0.411 e. The van der Waals surface area contributed by atoms with E-state index in [0.717, 1.165) is 5.56 Å². The third kappa shape index (κ3) is 5.39. The molecule has 178 valence electrons. The molecule has 9 nitrogen and oxygen atoms in total. The van der Waals surface area contributed by atoms with E-state index in [9.17, 15) is 14.9 Å². The molecule has 1 fully saturated rings. The highest BCUT2D eigenvalue weighted by Gasteiger charge is 2.26. The fraction of sp³-hybridized carbons (Fsp3) is 0.375. The first-order valence-electron chi connectivity index (χ1n) is 11.1. The number of nitrogens with zero attached hydrogens (tertiary/aromatic N) is 5. The van der Waals surface area contributed by atoms with Crippen LogP contribution in [0.5, 0.6) is 0 Å². The first-order chi connectivity index (χ1) is 16.2. The molecule has 3 aromatic rings. The van der Waals surface area contributed by atoms with Crippen molar-refractivity contribution in [1.29, 1.82) is 0 Å². The Morgan fingerprint density at radius 1 is 1.06 bits per heavy atom. The second-order valence-electron chi connectivity index (χ2n) is 9.10. The van der Waals surface area contributed by atoms with Crippen LogP contribution in [0.4, 0.5) is 11.4 Å². The number of carbonyl (C=O) groups excluding carboxylic acids is 1. The zero-order valence-electron chi connectivity index (χ0n) is 19.4. The minimum absolute atomic E-state index is 0.0264. The first kappa shape index (κ1) is 23.7. The molecule has 4 rings (SSSR count). The molecule has 1 aliphatic rings. The summed E-state index contributed by atoms with van der Waals surface area (Å²) in [6.07, 6.45) is 0. The van der Waals surface area contributed by atoms with Gasteiger partial charge in [0.05, 0.1) is 10.7 Å². The average Bonchev–Trinajstić information content (AvgIpc) is 3.31. The summed E-state index contributed by atoms with van der Waals surface area (Å²) < 4.78 is 5.74. The zero-order chi connectivity index (χ0) is 24.3. The average molecular weight is 482 g/mol. The van der Waals surface area contributed by atoms with Crippen molar-refractivity contribution in [3.05, 3.63) is 64.2 Å². The number of anilines is 1. The van der Waals surface area contributed by atoms with Crippen molar-refractivity contribution in [2.45, 2.75) is 31.4 Å². The van der Waals surface area contributed by atoms with Crippen LogP contribution >= 0.6 is 11.8 Å². The highest BCUT2D eigenvalue weighted by molar-refractivity contribution is 7.99. The normalized spacial score (nSPS) is 14.3. The number of nitro benzene ring substituents is 1. The number of amides is 1. The topological polar surface area (TPSA) is 106 Å². The maximum atomic E-state index is 12.7. The van der Waals surface area contributed by atoms with Crippen molar-refractivity contribution in [2.24, 2.45) is 0 Å². The van der Waals surface area contributed by atoms with Crippen LogP contribution in [-0.2, 0) is 10.2 Å². The van der Waals surface area contributed by atoms with Gasteiger partial charge in [-0.05, 0) is 29.2 Å². The van der Waals surface area contributed by atoms with Gasteiger partial charge >= 0.3 is 0 Å². The molecule has 0 atom stereocenters. The largest absolute Gasteiger partial charge is 0.411 e. The molecule has 1 amide bonds. The molecule has 0 unspecified atom stereocenters. The van der Waals surface area contributed by atoms with E-state index in [0.29, 0.717) is 43.0 Å². The molecule has 2 aromatic carbocycles. The van der Waals surface area contributed by atoms with Gasteiger partial charge in [-0.1, -0.05) is 56.8 Å². The number of hydrogen-bond donors (Lipinski definition) is 0. The number of aromatic nitrogens is 2. The number of para-hydroxylation sites is 2. The van der Waals surface area contributed by atoms with Gasteiger partial charge in [-0.15, -0.1) is 10.2 Å². The molecular formula is C24H27N5O4S. The Balaban J connectivity index is 1.30. The lowest BCUT2D eigenvalue weighted by Gasteiger charge is -2.35. The Labute approximate surface area is 202 Å².